The van der Waals surface area contributed by atoms with E-state index < -0.39 is 5.97 Å². The molecule has 0 spiro atoms. The van der Waals surface area contributed by atoms with Gasteiger partial charge in [0.05, 0.1) is 5.75 Å². The van der Waals surface area contributed by atoms with Gasteiger partial charge in [0.25, 0.3) is 0 Å². The van der Waals surface area contributed by atoms with E-state index in [2.05, 4.69) is 23.4 Å². The zero-order chi connectivity index (χ0) is 13.8. The van der Waals surface area contributed by atoms with Crippen LogP contribution in [0.15, 0.2) is 11.4 Å². The third-order valence-electron chi connectivity index (χ3n) is 3.86. The Morgan fingerprint density at radius 2 is 2.26 bits per heavy atom. The highest BCUT2D eigenvalue weighted by molar-refractivity contribution is 7.99. The fourth-order valence-electron chi connectivity index (χ4n) is 2.83. The summed E-state index contributed by atoms with van der Waals surface area (Å²) in [4.78, 5) is 15.1. The molecule has 1 N–H and O–H groups in total. The van der Waals surface area contributed by atoms with E-state index in [1.54, 1.807) is 0 Å². The van der Waals surface area contributed by atoms with E-state index in [1.165, 1.54) is 43.9 Å². The molecule has 0 bridgehead atoms. The number of aryl methyl sites for hydroxylation is 1. The van der Waals surface area contributed by atoms with E-state index in [1.807, 2.05) is 6.20 Å². The lowest BCUT2D eigenvalue weighted by molar-refractivity contribution is -0.133. The predicted octanol–water partition coefficient (Wildman–Crippen LogP) is 3.51. The summed E-state index contributed by atoms with van der Waals surface area (Å²) in [6.07, 6.45) is 8.04. The van der Waals surface area contributed by atoms with Crippen LogP contribution in [0.2, 0.25) is 0 Å². The van der Waals surface area contributed by atoms with Gasteiger partial charge in [-0.15, -0.1) is 0 Å². The second-order valence-electron chi connectivity index (χ2n) is 5.50. The van der Waals surface area contributed by atoms with Gasteiger partial charge in [0.2, 0.25) is 0 Å². The summed E-state index contributed by atoms with van der Waals surface area (Å²) in [5.41, 5.74) is 1.15. The minimum atomic E-state index is -0.785. The normalized spacial score (nSPS) is 24.1. The molecular formula is C14H22N2O2S. The summed E-state index contributed by atoms with van der Waals surface area (Å²) in [6.45, 7) is 4.38. The Labute approximate surface area is 118 Å². The maximum Gasteiger partial charge on any atom is 0.313 e. The molecule has 2 atom stereocenters. The first-order chi connectivity index (χ1) is 9.08. The molecule has 1 aliphatic carbocycles. The molecule has 2 rings (SSSR count). The molecule has 0 saturated heterocycles. The third-order valence-corrected chi connectivity index (χ3v) is 4.82. The van der Waals surface area contributed by atoms with E-state index in [9.17, 15) is 4.79 Å². The molecular weight excluding hydrogens is 260 g/mol. The van der Waals surface area contributed by atoms with E-state index in [0.29, 0.717) is 6.04 Å². The highest BCUT2D eigenvalue weighted by Crippen LogP contribution is 2.34. The van der Waals surface area contributed by atoms with Crippen molar-refractivity contribution in [2.24, 2.45) is 5.92 Å². The van der Waals surface area contributed by atoms with Gasteiger partial charge in [-0.3, -0.25) is 4.79 Å². The second-order valence-corrected chi connectivity index (χ2v) is 6.44. The molecule has 106 valence electrons. The molecule has 1 aromatic rings. The van der Waals surface area contributed by atoms with Gasteiger partial charge < -0.3 is 9.67 Å². The highest BCUT2D eigenvalue weighted by Gasteiger charge is 2.21. The topological polar surface area (TPSA) is 55.1 Å². The quantitative estimate of drug-likeness (QED) is 0.678. The predicted molar refractivity (Wildman–Crippen MR) is 76.6 cm³/mol. The van der Waals surface area contributed by atoms with Crippen molar-refractivity contribution in [2.75, 3.05) is 5.75 Å². The molecule has 0 radical (unpaired) electrons. The van der Waals surface area contributed by atoms with Crippen LogP contribution in [0.4, 0.5) is 0 Å². The van der Waals surface area contributed by atoms with Crippen molar-refractivity contribution in [3.8, 4) is 0 Å². The molecule has 0 aliphatic heterocycles. The molecule has 4 nitrogen and oxygen atoms in total. The van der Waals surface area contributed by atoms with Crippen LogP contribution in [0, 0.1) is 12.8 Å². The first-order valence-electron chi connectivity index (χ1n) is 6.96. The van der Waals surface area contributed by atoms with E-state index >= 15 is 0 Å². The van der Waals surface area contributed by atoms with Crippen molar-refractivity contribution in [3.63, 3.8) is 0 Å². The largest absolute Gasteiger partial charge is 0.481 e. The van der Waals surface area contributed by atoms with E-state index in [0.717, 1.165) is 16.8 Å². The number of imidazole rings is 1. The first-order valence-corrected chi connectivity index (χ1v) is 7.95. The van der Waals surface area contributed by atoms with Gasteiger partial charge in [-0.1, -0.05) is 31.5 Å². The summed E-state index contributed by atoms with van der Waals surface area (Å²) in [6, 6.07) is 0.490. The number of aromatic nitrogens is 2. The Balaban J connectivity index is 2.13. The number of carboxylic acids is 1. The van der Waals surface area contributed by atoms with Gasteiger partial charge >= 0.3 is 5.97 Å². The fraction of sp³-hybridized carbons (Fsp3) is 0.714. The van der Waals surface area contributed by atoms with Crippen molar-refractivity contribution in [1.29, 1.82) is 0 Å². The van der Waals surface area contributed by atoms with E-state index in [4.69, 9.17) is 5.11 Å². The molecule has 1 aromatic heterocycles. The Morgan fingerprint density at radius 1 is 1.47 bits per heavy atom. The minimum absolute atomic E-state index is 0.0829. The number of carbonyl (C=O) groups is 1. The Bertz CT molecular complexity index is 445. The lowest BCUT2D eigenvalue weighted by Crippen LogP contribution is -2.12. The standard InChI is InChI=1S/C14H22N2O2S/c1-10-4-3-5-12(7-6-10)16-11(2)8-15-14(16)19-9-13(17)18/h8,10,12H,3-7,9H2,1-2H3,(H,17,18). The Hall–Kier alpha value is -0.970. The van der Waals surface area contributed by atoms with Gasteiger partial charge in [-0.2, -0.15) is 0 Å². The number of thioether (sulfide) groups is 1. The smallest absolute Gasteiger partial charge is 0.313 e. The van der Waals surface area contributed by atoms with Crippen LogP contribution in [0.1, 0.15) is 50.8 Å². The number of hydrogen-bond acceptors (Lipinski definition) is 3. The first kappa shape index (κ1) is 14.4. The molecule has 0 aromatic carbocycles. The third kappa shape index (κ3) is 3.75. The lowest BCUT2D eigenvalue weighted by atomic mass is 10.0. The maximum absolute atomic E-state index is 10.7. The number of rotatable bonds is 4. The van der Waals surface area contributed by atoms with Gasteiger partial charge in [0.1, 0.15) is 0 Å². The summed E-state index contributed by atoms with van der Waals surface area (Å²) in [5.74, 6) is 0.107. The van der Waals surface area contributed by atoms with Crippen LogP contribution in [-0.2, 0) is 4.79 Å². The molecule has 5 heteroatoms. The molecule has 19 heavy (non-hydrogen) atoms. The van der Waals surface area contributed by atoms with Gasteiger partial charge in [-0.25, -0.2) is 4.98 Å². The van der Waals surface area contributed by atoms with Crippen molar-refractivity contribution >= 4 is 17.7 Å². The molecule has 0 amide bonds. The molecule has 1 aliphatic rings. The van der Waals surface area contributed by atoms with Crippen molar-refractivity contribution in [1.82, 2.24) is 9.55 Å². The Morgan fingerprint density at radius 3 is 3.00 bits per heavy atom. The van der Waals surface area contributed by atoms with Crippen LogP contribution in [-0.4, -0.2) is 26.4 Å². The van der Waals surface area contributed by atoms with Crippen LogP contribution in [0.3, 0.4) is 0 Å². The fourth-order valence-corrected chi connectivity index (χ4v) is 3.64. The zero-order valence-corrected chi connectivity index (χ0v) is 12.4. The summed E-state index contributed by atoms with van der Waals surface area (Å²) >= 11 is 1.33. The average Bonchev–Trinajstić information content (AvgIpc) is 2.58. The maximum atomic E-state index is 10.7. The van der Waals surface area contributed by atoms with Gasteiger partial charge in [0, 0.05) is 17.9 Å². The molecule has 1 saturated carbocycles. The number of hydrogen-bond donors (Lipinski definition) is 1. The summed E-state index contributed by atoms with van der Waals surface area (Å²) in [5, 5.41) is 9.67. The zero-order valence-electron chi connectivity index (χ0n) is 11.6. The van der Waals surface area contributed by atoms with Crippen LogP contribution >= 0.6 is 11.8 Å². The number of carboxylic acid groups (broad SMARTS) is 1. The monoisotopic (exact) mass is 282 g/mol. The molecule has 1 heterocycles. The summed E-state index contributed by atoms with van der Waals surface area (Å²) < 4.78 is 2.26. The number of nitrogens with zero attached hydrogens (tertiary/aromatic N) is 2. The van der Waals surface area contributed by atoms with Crippen molar-refractivity contribution < 1.29 is 9.90 Å². The Kier molecular flexibility index (Phi) is 4.91. The highest BCUT2D eigenvalue weighted by atomic mass is 32.2. The second kappa shape index (κ2) is 6.46. The molecule has 1 fully saturated rings. The van der Waals surface area contributed by atoms with Gasteiger partial charge in [0.15, 0.2) is 5.16 Å². The van der Waals surface area contributed by atoms with Gasteiger partial charge in [-0.05, 0) is 32.1 Å². The lowest BCUT2D eigenvalue weighted by Gasteiger charge is -2.20. The number of aliphatic carboxylic acids is 1. The van der Waals surface area contributed by atoms with Crippen molar-refractivity contribution in [2.45, 2.75) is 57.1 Å². The SMILES string of the molecule is Cc1cnc(SCC(=O)O)n1C1CCCC(C)CC1. The minimum Gasteiger partial charge on any atom is -0.481 e. The van der Waals surface area contributed by atoms with E-state index in [-0.39, 0.29) is 5.75 Å². The van der Waals surface area contributed by atoms with Crippen molar-refractivity contribution in [3.05, 3.63) is 11.9 Å². The average molecular weight is 282 g/mol. The van der Waals surface area contributed by atoms with Crippen LogP contribution in [0.5, 0.6) is 0 Å². The molecule has 2 unspecified atom stereocenters. The summed E-state index contributed by atoms with van der Waals surface area (Å²) in [7, 11) is 0. The van der Waals surface area contributed by atoms with Crippen LogP contribution < -0.4 is 0 Å². The van der Waals surface area contributed by atoms with Crippen LogP contribution in [0.25, 0.3) is 0 Å².